The van der Waals surface area contributed by atoms with Gasteiger partial charge in [-0.3, -0.25) is 0 Å². The summed E-state index contributed by atoms with van der Waals surface area (Å²) in [6.45, 7) is 10.5. The maximum Gasteiger partial charge on any atom is 0.0216 e. The standard InChI is InChI=1S/C9H13NS.C2H4/c1-2-8-5-7-6-10-4-3-9(7)11-8;1-2/h5,10H,2-4,6H2,1H3;1-2H2. The SMILES string of the molecule is C=C.CCc1cc2c(s1)CCNC2. The fourth-order valence-corrected chi connectivity index (χ4v) is 2.62. The molecule has 1 aromatic rings. The van der Waals surface area contributed by atoms with E-state index in [1.807, 2.05) is 11.3 Å². The maximum atomic E-state index is 3.39. The van der Waals surface area contributed by atoms with Gasteiger partial charge in [-0.05, 0) is 24.5 Å². The van der Waals surface area contributed by atoms with Gasteiger partial charge in [0.05, 0.1) is 0 Å². The Kier molecular flexibility index (Phi) is 4.19. The van der Waals surface area contributed by atoms with E-state index in [0.717, 1.165) is 13.1 Å². The molecule has 0 spiro atoms. The van der Waals surface area contributed by atoms with E-state index in [9.17, 15) is 0 Å². The van der Waals surface area contributed by atoms with Crippen LogP contribution in [0.3, 0.4) is 0 Å². The molecule has 2 heterocycles. The highest BCUT2D eigenvalue weighted by Crippen LogP contribution is 2.25. The van der Waals surface area contributed by atoms with E-state index < -0.39 is 0 Å². The first-order valence-electron chi connectivity index (χ1n) is 4.71. The molecule has 0 radical (unpaired) electrons. The van der Waals surface area contributed by atoms with E-state index in [1.54, 1.807) is 9.75 Å². The van der Waals surface area contributed by atoms with Gasteiger partial charge < -0.3 is 5.32 Å². The minimum absolute atomic E-state index is 1.09. The Morgan fingerprint density at radius 2 is 2.31 bits per heavy atom. The second kappa shape index (κ2) is 5.20. The number of aryl methyl sites for hydroxylation is 1. The normalized spacial score (nSPS) is 14.2. The first-order chi connectivity index (χ1) is 6.40. The van der Waals surface area contributed by atoms with E-state index in [0.29, 0.717) is 0 Å². The van der Waals surface area contributed by atoms with Crippen molar-refractivity contribution in [1.29, 1.82) is 0 Å². The first kappa shape index (κ1) is 10.5. The molecule has 0 unspecified atom stereocenters. The molecule has 0 saturated carbocycles. The fourth-order valence-electron chi connectivity index (χ4n) is 1.49. The molecule has 2 rings (SSSR count). The number of hydrogen-bond acceptors (Lipinski definition) is 2. The second-order valence-electron chi connectivity index (χ2n) is 2.94. The van der Waals surface area contributed by atoms with Crippen molar-refractivity contribution in [2.24, 2.45) is 0 Å². The van der Waals surface area contributed by atoms with Gasteiger partial charge in [0.2, 0.25) is 0 Å². The van der Waals surface area contributed by atoms with Crippen LogP contribution in [0.25, 0.3) is 0 Å². The van der Waals surface area contributed by atoms with Crippen molar-refractivity contribution < 1.29 is 0 Å². The zero-order chi connectivity index (χ0) is 9.68. The van der Waals surface area contributed by atoms with E-state index in [1.165, 1.54) is 18.4 Å². The molecule has 0 aliphatic carbocycles. The van der Waals surface area contributed by atoms with Gasteiger partial charge in [0.1, 0.15) is 0 Å². The van der Waals surface area contributed by atoms with Crippen LogP contribution in [0.15, 0.2) is 19.2 Å². The quantitative estimate of drug-likeness (QED) is 0.679. The van der Waals surface area contributed by atoms with Crippen LogP contribution in [0.5, 0.6) is 0 Å². The lowest BCUT2D eigenvalue weighted by Crippen LogP contribution is -2.21. The van der Waals surface area contributed by atoms with Gasteiger partial charge in [-0.15, -0.1) is 24.5 Å². The summed E-state index contributed by atoms with van der Waals surface area (Å²) < 4.78 is 0. The zero-order valence-electron chi connectivity index (χ0n) is 8.23. The Morgan fingerprint density at radius 1 is 1.54 bits per heavy atom. The minimum atomic E-state index is 1.09. The summed E-state index contributed by atoms with van der Waals surface area (Å²) >= 11 is 2.00. The average Bonchev–Trinajstić information content (AvgIpc) is 2.63. The Bertz CT molecular complexity index is 242. The highest BCUT2D eigenvalue weighted by atomic mass is 32.1. The van der Waals surface area contributed by atoms with Crippen LogP contribution in [0.4, 0.5) is 0 Å². The van der Waals surface area contributed by atoms with Crippen molar-refractivity contribution in [3.05, 3.63) is 34.5 Å². The van der Waals surface area contributed by atoms with E-state index in [-0.39, 0.29) is 0 Å². The van der Waals surface area contributed by atoms with Crippen molar-refractivity contribution in [2.45, 2.75) is 26.3 Å². The highest BCUT2D eigenvalue weighted by Gasteiger charge is 2.11. The lowest BCUT2D eigenvalue weighted by atomic mass is 10.1. The van der Waals surface area contributed by atoms with Gasteiger partial charge in [0, 0.05) is 22.8 Å². The Morgan fingerprint density at radius 3 is 2.92 bits per heavy atom. The molecule has 72 valence electrons. The number of thiophene rings is 1. The first-order valence-corrected chi connectivity index (χ1v) is 5.53. The largest absolute Gasteiger partial charge is 0.312 e. The van der Waals surface area contributed by atoms with Gasteiger partial charge >= 0.3 is 0 Å². The van der Waals surface area contributed by atoms with Crippen molar-refractivity contribution in [1.82, 2.24) is 5.32 Å². The van der Waals surface area contributed by atoms with Gasteiger partial charge in [-0.1, -0.05) is 6.92 Å². The van der Waals surface area contributed by atoms with Gasteiger partial charge in [-0.25, -0.2) is 0 Å². The van der Waals surface area contributed by atoms with Crippen molar-refractivity contribution in [2.75, 3.05) is 6.54 Å². The third-order valence-corrected chi connectivity index (χ3v) is 3.52. The predicted octanol–water partition coefficient (Wildman–Crippen LogP) is 2.76. The summed E-state index contributed by atoms with van der Waals surface area (Å²) in [6, 6.07) is 2.35. The summed E-state index contributed by atoms with van der Waals surface area (Å²) in [7, 11) is 0. The van der Waals surface area contributed by atoms with Crippen LogP contribution in [0, 0.1) is 0 Å². The van der Waals surface area contributed by atoms with Crippen LogP contribution in [-0.2, 0) is 19.4 Å². The number of rotatable bonds is 1. The zero-order valence-corrected chi connectivity index (χ0v) is 9.04. The van der Waals surface area contributed by atoms with Crippen molar-refractivity contribution in [3.63, 3.8) is 0 Å². The molecule has 0 saturated heterocycles. The molecule has 0 amide bonds. The molecule has 2 heteroatoms. The molecular weight excluding hydrogens is 178 g/mol. The van der Waals surface area contributed by atoms with E-state index in [2.05, 4.69) is 31.5 Å². The summed E-state index contributed by atoms with van der Waals surface area (Å²) in [5.41, 5.74) is 1.54. The molecule has 0 fully saturated rings. The van der Waals surface area contributed by atoms with Gasteiger partial charge in [0.25, 0.3) is 0 Å². The van der Waals surface area contributed by atoms with E-state index in [4.69, 9.17) is 0 Å². The molecule has 0 bridgehead atoms. The number of fused-ring (bicyclic) bond motifs is 1. The van der Waals surface area contributed by atoms with Crippen LogP contribution in [0.1, 0.15) is 22.2 Å². The Labute approximate surface area is 84.5 Å². The second-order valence-corrected chi connectivity index (χ2v) is 4.16. The third kappa shape index (κ3) is 2.42. The number of nitrogens with one attached hydrogen (secondary N) is 1. The lowest BCUT2D eigenvalue weighted by Gasteiger charge is -2.10. The van der Waals surface area contributed by atoms with Crippen molar-refractivity contribution in [3.8, 4) is 0 Å². The molecule has 0 atom stereocenters. The maximum absolute atomic E-state index is 3.39. The Hall–Kier alpha value is -0.600. The summed E-state index contributed by atoms with van der Waals surface area (Å²) in [5.74, 6) is 0. The number of hydrogen-bond donors (Lipinski definition) is 1. The minimum Gasteiger partial charge on any atom is -0.312 e. The molecule has 1 aliphatic heterocycles. The molecule has 1 nitrogen and oxygen atoms in total. The topological polar surface area (TPSA) is 12.0 Å². The molecule has 0 aromatic carbocycles. The summed E-state index contributed by atoms with van der Waals surface area (Å²) in [6.07, 6.45) is 2.43. The Balaban J connectivity index is 0.000000396. The fraction of sp³-hybridized carbons (Fsp3) is 0.455. The van der Waals surface area contributed by atoms with Crippen LogP contribution in [0.2, 0.25) is 0 Å². The van der Waals surface area contributed by atoms with Gasteiger partial charge in [-0.2, -0.15) is 0 Å². The van der Waals surface area contributed by atoms with Gasteiger partial charge in [0.15, 0.2) is 0 Å². The van der Waals surface area contributed by atoms with Crippen molar-refractivity contribution >= 4 is 11.3 Å². The highest BCUT2D eigenvalue weighted by molar-refractivity contribution is 7.12. The smallest absolute Gasteiger partial charge is 0.0216 e. The lowest BCUT2D eigenvalue weighted by molar-refractivity contribution is 0.652. The molecule has 1 aliphatic rings. The molecule has 13 heavy (non-hydrogen) atoms. The molecule has 1 aromatic heterocycles. The van der Waals surface area contributed by atoms with Crippen LogP contribution < -0.4 is 5.32 Å². The third-order valence-electron chi connectivity index (χ3n) is 2.14. The predicted molar refractivity (Wildman–Crippen MR) is 60.4 cm³/mol. The summed E-state index contributed by atoms with van der Waals surface area (Å²) in [4.78, 5) is 3.15. The van der Waals surface area contributed by atoms with Crippen LogP contribution in [-0.4, -0.2) is 6.54 Å². The van der Waals surface area contributed by atoms with Crippen LogP contribution >= 0.6 is 11.3 Å². The monoisotopic (exact) mass is 195 g/mol. The van der Waals surface area contributed by atoms with E-state index >= 15 is 0 Å². The molecule has 1 N–H and O–H groups in total. The average molecular weight is 195 g/mol. The molecular formula is C11H17NS. The summed E-state index contributed by atoms with van der Waals surface area (Å²) in [5, 5.41) is 3.39.